The molecule has 1 N–H and O–H groups in total. The fourth-order valence-electron chi connectivity index (χ4n) is 3.41. The zero-order valence-electron chi connectivity index (χ0n) is 14.3. The van der Waals surface area contributed by atoms with Gasteiger partial charge in [-0.2, -0.15) is 5.26 Å². The van der Waals surface area contributed by atoms with E-state index < -0.39 is 0 Å². The third-order valence-electron chi connectivity index (χ3n) is 4.90. The number of pyridine rings is 1. The van der Waals surface area contributed by atoms with Crippen LogP contribution in [-0.4, -0.2) is 46.1 Å². The average Bonchev–Trinajstić information content (AvgIpc) is 3.30. The fourth-order valence-corrected chi connectivity index (χ4v) is 3.41. The SMILES string of the molecule is Cc1nc(N(C)[C@@H]2CCN(c3ncnc4[nH]ccc34)C2)ccc1C#N. The van der Waals surface area contributed by atoms with Gasteiger partial charge in [-0.15, -0.1) is 0 Å². The maximum atomic E-state index is 9.06. The largest absolute Gasteiger partial charge is 0.355 e. The van der Waals surface area contributed by atoms with Crippen molar-refractivity contribution in [1.29, 1.82) is 5.26 Å². The minimum atomic E-state index is 0.351. The van der Waals surface area contributed by atoms with Gasteiger partial charge < -0.3 is 14.8 Å². The summed E-state index contributed by atoms with van der Waals surface area (Å²) in [5, 5.41) is 10.1. The maximum Gasteiger partial charge on any atom is 0.142 e. The Balaban J connectivity index is 1.55. The molecule has 0 bridgehead atoms. The van der Waals surface area contributed by atoms with Crippen LogP contribution in [-0.2, 0) is 0 Å². The molecule has 0 unspecified atom stereocenters. The second kappa shape index (κ2) is 6.06. The van der Waals surface area contributed by atoms with Crippen LogP contribution in [0, 0.1) is 18.3 Å². The van der Waals surface area contributed by atoms with E-state index in [1.165, 1.54) is 0 Å². The number of nitrogens with zero attached hydrogens (tertiary/aromatic N) is 6. The molecule has 4 heterocycles. The highest BCUT2D eigenvalue weighted by atomic mass is 15.3. The van der Waals surface area contributed by atoms with Gasteiger partial charge in [0.15, 0.2) is 0 Å². The van der Waals surface area contributed by atoms with E-state index in [2.05, 4.69) is 42.9 Å². The highest BCUT2D eigenvalue weighted by Gasteiger charge is 2.28. The molecule has 0 saturated carbocycles. The van der Waals surface area contributed by atoms with E-state index in [-0.39, 0.29) is 0 Å². The standard InChI is InChI=1S/C18H19N7/c1-12-13(9-19)3-4-16(23-12)24(2)14-6-8-25(10-14)18-15-5-7-20-17(15)21-11-22-18/h3-5,7,11,14H,6,8,10H2,1-2H3,(H,20,21,22)/t14-/m1/s1. The van der Waals surface area contributed by atoms with Crippen LogP contribution in [0.15, 0.2) is 30.7 Å². The Morgan fingerprint density at radius 2 is 2.20 bits per heavy atom. The number of anilines is 2. The van der Waals surface area contributed by atoms with E-state index in [0.717, 1.165) is 47.9 Å². The Kier molecular flexibility index (Phi) is 3.73. The molecular formula is C18H19N7. The van der Waals surface area contributed by atoms with Gasteiger partial charge in [-0.1, -0.05) is 0 Å². The number of fused-ring (bicyclic) bond motifs is 1. The number of hydrogen-bond donors (Lipinski definition) is 1. The summed E-state index contributed by atoms with van der Waals surface area (Å²) in [6, 6.07) is 8.30. The first-order chi connectivity index (χ1) is 12.2. The van der Waals surface area contributed by atoms with E-state index in [9.17, 15) is 0 Å². The smallest absolute Gasteiger partial charge is 0.142 e. The summed E-state index contributed by atoms with van der Waals surface area (Å²) in [4.78, 5) is 21.0. The molecule has 7 nitrogen and oxygen atoms in total. The first-order valence-electron chi connectivity index (χ1n) is 8.31. The van der Waals surface area contributed by atoms with Gasteiger partial charge in [0.25, 0.3) is 0 Å². The number of hydrogen-bond acceptors (Lipinski definition) is 6. The van der Waals surface area contributed by atoms with Crippen molar-refractivity contribution in [1.82, 2.24) is 19.9 Å². The molecule has 0 amide bonds. The lowest BCUT2D eigenvalue weighted by molar-refractivity contribution is 0.683. The van der Waals surface area contributed by atoms with Crippen molar-refractivity contribution in [2.75, 3.05) is 29.9 Å². The minimum Gasteiger partial charge on any atom is -0.355 e. The highest BCUT2D eigenvalue weighted by molar-refractivity contribution is 5.87. The van der Waals surface area contributed by atoms with Crippen LogP contribution in [0.25, 0.3) is 11.0 Å². The number of aromatic amines is 1. The van der Waals surface area contributed by atoms with E-state index >= 15 is 0 Å². The molecule has 1 fully saturated rings. The van der Waals surface area contributed by atoms with Gasteiger partial charge in [0.2, 0.25) is 0 Å². The number of nitriles is 1. The number of rotatable bonds is 3. The number of aryl methyl sites for hydroxylation is 1. The van der Waals surface area contributed by atoms with Crippen molar-refractivity contribution in [3.05, 3.63) is 42.0 Å². The number of nitrogens with one attached hydrogen (secondary N) is 1. The van der Waals surface area contributed by atoms with E-state index in [1.807, 2.05) is 31.3 Å². The van der Waals surface area contributed by atoms with Crippen LogP contribution in [0.1, 0.15) is 17.7 Å². The van der Waals surface area contributed by atoms with Crippen molar-refractivity contribution in [2.24, 2.45) is 0 Å². The van der Waals surface area contributed by atoms with Gasteiger partial charge in [0.1, 0.15) is 29.7 Å². The third-order valence-corrected chi connectivity index (χ3v) is 4.90. The van der Waals surface area contributed by atoms with Gasteiger partial charge in [-0.25, -0.2) is 15.0 Å². The van der Waals surface area contributed by atoms with Crippen LogP contribution >= 0.6 is 0 Å². The number of aromatic nitrogens is 4. The maximum absolute atomic E-state index is 9.06. The van der Waals surface area contributed by atoms with Crippen LogP contribution < -0.4 is 9.80 Å². The lowest BCUT2D eigenvalue weighted by atomic mass is 10.2. The van der Waals surface area contributed by atoms with Gasteiger partial charge in [-0.3, -0.25) is 0 Å². The summed E-state index contributed by atoms with van der Waals surface area (Å²) < 4.78 is 0. The van der Waals surface area contributed by atoms with Gasteiger partial charge in [0, 0.05) is 32.4 Å². The molecule has 0 aliphatic carbocycles. The number of likely N-dealkylation sites (N-methyl/N-ethyl adjacent to an activating group) is 1. The highest BCUT2D eigenvalue weighted by Crippen LogP contribution is 2.28. The van der Waals surface area contributed by atoms with Crippen LogP contribution in [0.2, 0.25) is 0 Å². The van der Waals surface area contributed by atoms with Crippen molar-refractivity contribution in [2.45, 2.75) is 19.4 Å². The Morgan fingerprint density at radius 3 is 3.00 bits per heavy atom. The second-order valence-electron chi connectivity index (χ2n) is 6.35. The van der Waals surface area contributed by atoms with E-state index in [1.54, 1.807) is 6.33 Å². The quantitative estimate of drug-likeness (QED) is 0.791. The first-order valence-corrected chi connectivity index (χ1v) is 8.31. The molecule has 0 spiro atoms. The summed E-state index contributed by atoms with van der Waals surface area (Å²) >= 11 is 0. The molecule has 3 aromatic heterocycles. The predicted octanol–water partition coefficient (Wildman–Crippen LogP) is 2.25. The molecular weight excluding hydrogens is 314 g/mol. The Morgan fingerprint density at radius 1 is 1.32 bits per heavy atom. The van der Waals surface area contributed by atoms with Crippen molar-refractivity contribution < 1.29 is 0 Å². The molecule has 25 heavy (non-hydrogen) atoms. The summed E-state index contributed by atoms with van der Waals surface area (Å²) in [6.45, 7) is 3.70. The summed E-state index contributed by atoms with van der Waals surface area (Å²) in [5.41, 5.74) is 2.26. The minimum absolute atomic E-state index is 0.351. The Bertz CT molecular complexity index is 955. The second-order valence-corrected chi connectivity index (χ2v) is 6.35. The Hall–Kier alpha value is -3.14. The normalized spacial score (nSPS) is 17.0. The molecule has 1 aliphatic rings. The molecule has 126 valence electrons. The van der Waals surface area contributed by atoms with Crippen molar-refractivity contribution in [3.8, 4) is 6.07 Å². The fraction of sp³-hybridized carbons (Fsp3) is 0.333. The van der Waals surface area contributed by atoms with Crippen LogP contribution in [0.3, 0.4) is 0 Å². The number of H-pyrrole nitrogens is 1. The zero-order valence-corrected chi connectivity index (χ0v) is 14.3. The lowest BCUT2D eigenvalue weighted by Crippen LogP contribution is -2.35. The van der Waals surface area contributed by atoms with E-state index in [4.69, 9.17) is 5.26 Å². The Labute approximate surface area is 145 Å². The van der Waals surface area contributed by atoms with Gasteiger partial charge >= 0.3 is 0 Å². The van der Waals surface area contributed by atoms with Crippen LogP contribution in [0.4, 0.5) is 11.6 Å². The monoisotopic (exact) mass is 333 g/mol. The summed E-state index contributed by atoms with van der Waals surface area (Å²) in [7, 11) is 2.06. The molecule has 1 aliphatic heterocycles. The average molecular weight is 333 g/mol. The predicted molar refractivity (Wildman–Crippen MR) is 96.6 cm³/mol. The van der Waals surface area contributed by atoms with Gasteiger partial charge in [0.05, 0.1) is 16.6 Å². The molecule has 1 atom stereocenters. The lowest BCUT2D eigenvalue weighted by Gasteiger charge is -2.26. The summed E-state index contributed by atoms with van der Waals surface area (Å²) in [6.07, 6.45) is 4.54. The van der Waals surface area contributed by atoms with Crippen LogP contribution in [0.5, 0.6) is 0 Å². The van der Waals surface area contributed by atoms with Crippen molar-refractivity contribution in [3.63, 3.8) is 0 Å². The first kappa shape index (κ1) is 15.4. The van der Waals surface area contributed by atoms with E-state index in [0.29, 0.717) is 11.6 Å². The topological polar surface area (TPSA) is 84.7 Å². The molecule has 3 aromatic rings. The molecule has 0 radical (unpaired) electrons. The van der Waals surface area contributed by atoms with Gasteiger partial charge in [-0.05, 0) is 31.5 Å². The van der Waals surface area contributed by atoms with Crippen molar-refractivity contribution >= 4 is 22.7 Å². The molecule has 7 heteroatoms. The molecule has 4 rings (SSSR count). The molecule has 0 aromatic carbocycles. The molecule has 1 saturated heterocycles. The third kappa shape index (κ3) is 2.66. The summed E-state index contributed by atoms with van der Waals surface area (Å²) in [5.74, 6) is 1.88. The zero-order chi connectivity index (χ0) is 17.4.